The lowest BCUT2D eigenvalue weighted by atomic mass is 9.33. The van der Waals surface area contributed by atoms with Crippen LogP contribution in [-0.4, -0.2) is 89.8 Å². The summed E-state index contributed by atoms with van der Waals surface area (Å²) in [7, 11) is 2.04. The van der Waals surface area contributed by atoms with Crippen LogP contribution in [0.5, 0.6) is 0 Å². The molecule has 0 aromatic carbocycles. The van der Waals surface area contributed by atoms with Gasteiger partial charge in [0, 0.05) is 37.5 Å². The van der Waals surface area contributed by atoms with Crippen molar-refractivity contribution < 1.29 is 33.8 Å². The summed E-state index contributed by atoms with van der Waals surface area (Å²) in [5.41, 5.74) is 0.185. The minimum atomic E-state index is -1.28. The molecule has 0 spiro atoms. The minimum Gasteiger partial charge on any atom is -0.481 e. The first-order valence-electron chi connectivity index (χ1n) is 22.4. The number of nitrogens with zero attached hydrogens (tertiary/aromatic N) is 2. The number of ketones is 1. The third kappa shape index (κ3) is 6.11. The molecule has 10 heteroatoms. The van der Waals surface area contributed by atoms with E-state index in [0.717, 1.165) is 70.0 Å². The summed E-state index contributed by atoms with van der Waals surface area (Å²) in [5.74, 6) is -1.35. The second-order valence-electron chi connectivity index (χ2n) is 22.6. The highest BCUT2D eigenvalue weighted by molar-refractivity contribution is 6.09. The van der Waals surface area contributed by atoms with E-state index < -0.39 is 28.8 Å². The Bertz CT molecular complexity index is 1740. The Kier molecular flexibility index (Phi) is 10.3. The lowest BCUT2D eigenvalue weighted by Gasteiger charge is -2.71. The van der Waals surface area contributed by atoms with Crippen molar-refractivity contribution in [1.82, 2.24) is 15.1 Å². The van der Waals surface area contributed by atoms with Crippen LogP contribution in [0.1, 0.15) is 134 Å². The van der Waals surface area contributed by atoms with Gasteiger partial charge in [-0.05, 0) is 130 Å². The molecule has 6 aliphatic carbocycles. The molecule has 1 aliphatic heterocycles. The number of carbonyl (C=O) groups is 5. The van der Waals surface area contributed by atoms with Crippen molar-refractivity contribution in [3.63, 3.8) is 0 Å². The zero-order valence-electron chi connectivity index (χ0n) is 37.2. The van der Waals surface area contributed by atoms with Crippen molar-refractivity contribution in [2.45, 2.75) is 146 Å². The molecule has 6 fully saturated rings. The monoisotopic (exact) mass is 792 g/mol. The number of likely N-dealkylation sites (N-methyl/N-ethyl adjacent to an activating group) is 1. The lowest BCUT2D eigenvalue weighted by molar-refractivity contribution is -0.235. The molecule has 2 N–H and O–H groups in total. The van der Waals surface area contributed by atoms with Crippen LogP contribution in [0.2, 0.25) is 0 Å². The first-order valence-corrected chi connectivity index (χ1v) is 22.4. The molecular formula is C47H73N3O7. The van der Waals surface area contributed by atoms with Crippen LogP contribution in [-0.2, 0) is 28.7 Å². The van der Waals surface area contributed by atoms with E-state index in [-0.39, 0.29) is 75.0 Å². The molecule has 7 aliphatic rings. The summed E-state index contributed by atoms with van der Waals surface area (Å²) < 4.78 is 6.41. The first-order chi connectivity index (χ1) is 26.4. The number of esters is 1. The Morgan fingerprint density at radius 2 is 1.44 bits per heavy atom. The molecular weight excluding hydrogens is 719 g/mol. The number of ether oxygens (including phenoxy) is 1. The van der Waals surface area contributed by atoms with E-state index in [1.807, 2.05) is 20.9 Å². The third-order valence-electron chi connectivity index (χ3n) is 18.7. The van der Waals surface area contributed by atoms with Crippen LogP contribution in [0.3, 0.4) is 0 Å². The summed E-state index contributed by atoms with van der Waals surface area (Å²) in [6.45, 7) is 26.4. The molecule has 2 amide bonds. The fourth-order valence-corrected chi connectivity index (χ4v) is 14.7. The maximum absolute atomic E-state index is 14.6. The number of carboxylic acid groups (broad SMARTS) is 1. The zero-order valence-corrected chi connectivity index (χ0v) is 37.2. The molecule has 0 aromatic heterocycles. The highest BCUT2D eigenvalue weighted by Crippen LogP contribution is 2.75. The predicted molar refractivity (Wildman–Crippen MR) is 219 cm³/mol. The van der Waals surface area contributed by atoms with Gasteiger partial charge in [-0.15, -0.1) is 0 Å². The van der Waals surface area contributed by atoms with Gasteiger partial charge in [0.15, 0.2) is 5.78 Å². The average molecular weight is 792 g/mol. The molecule has 10 nitrogen and oxygen atoms in total. The standard InChI is InChI=1S/C47H73N3O7/c1-26(2)34-35-27(36(37(34)51)48-40(55)44(7,8)41(56)50-23-21-49(12)22-24-50)15-19-46(10)28(35)13-14-32-45(9)18-17-33(43(5,6)31(45)16-20-47(32,46)11)57-39(54)30-25-29(38(52)53)42(30,3)4/h26-33,36H,13-25H2,1-12H3,(H,48,55)(H,52,53)/t27?,28-,29+,30-,31+,32-,33+,36+,45+,46-,47-/m1/s1. The van der Waals surface area contributed by atoms with Crippen molar-refractivity contribution >= 4 is 29.5 Å². The summed E-state index contributed by atoms with van der Waals surface area (Å²) in [6, 6.07) is -0.632. The Morgan fingerprint density at radius 3 is 2.04 bits per heavy atom. The second-order valence-corrected chi connectivity index (χ2v) is 22.6. The number of piperazine rings is 1. The van der Waals surface area contributed by atoms with Gasteiger partial charge < -0.3 is 25.0 Å². The van der Waals surface area contributed by atoms with Crippen molar-refractivity contribution in [1.29, 1.82) is 0 Å². The number of hydrogen-bond acceptors (Lipinski definition) is 7. The molecule has 318 valence electrons. The van der Waals surface area contributed by atoms with Gasteiger partial charge >= 0.3 is 11.9 Å². The number of carbonyl (C=O) groups excluding carboxylic acids is 4. The van der Waals surface area contributed by atoms with Gasteiger partial charge in [-0.3, -0.25) is 24.0 Å². The van der Waals surface area contributed by atoms with E-state index in [9.17, 15) is 29.1 Å². The number of amides is 2. The van der Waals surface area contributed by atoms with Crippen LogP contribution in [0.15, 0.2) is 11.1 Å². The first kappa shape index (κ1) is 42.4. The van der Waals surface area contributed by atoms with E-state index >= 15 is 0 Å². The third-order valence-corrected chi connectivity index (χ3v) is 18.7. The minimum absolute atomic E-state index is 0.0182. The molecule has 1 heterocycles. The van der Waals surface area contributed by atoms with E-state index in [4.69, 9.17) is 4.74 Å². The fourth-order valence-electron chi connectivity index (χ4n) is 14.7. The Morgan fingerprint density at radius 1 is 0.807 bits per heavy atom. The Balaban J connectivity index is 1.10. The quantitative estimate of drug-likeness (QED) is 0.205. The van der Waals surface area contributed by atoms with Crippen molar-refractivity contribution in [2.75, 3.05) is 33.2 Å². The maximum Gasteiger partial charge on any atom is 0.309 e. The molecule has 57 heavy (non-hydrogen) atoms. The number of hydrogen-bond donors (Lipinski definition) is 2. The summed E-state index contributed by atoms with van der Waals surface area (Å²) >= 11 is 0. The second kappa shape index (κ2) is 13.9. The van der Waals surface area contributed by atoms with Gasteiger partial charge in [-0.2, -0.15) is 0 Å². The highest BCUT2D eigenvalue weighted by atomic mass is 16.5. The normalized spacial score (nSPS) is 41.3. The number of nitrogens with one attached hydrogen (secondary N) is 1. The molecule has 5 saturated carbocycles. The van der Waals surface area contributed by atoms with Gasteiger partial charge in [0.1, 0.15) is 11.5 Å². The number of fused-ring (bicyclic) bond motifs is 7. The fraction of sp³-hybridized carbons (Fsp3) is 0.851. The molecule has 11 atom stereocenters. The molecule has 0 radical (unpaired) electrons. The van der Waals surface area contributed by atoms with Crippen LogP contribution < -0.4 is 5.32 Å². The number of carboxylic acids is 1. The zero-order chi connectivity index (χ0) is 42.0. The van der Waals surface area contributed by atoms with Crippen LogP contribution in [0.25, 0.3) is 0 Å². The smallest absolute Gasteiger partial charge is 0.309 e. The SMILES string of the molecule is CC(C)C1=C2C(CC[C@]3(C)[C@@H]2CC[C@@H]2[C@@]4(C)CC[C@H](OC(=O)[C@H]5C[C@@H](C(=O)O)C5(C)C)C(C)(C)[C@@H]4CC[C@]23C)[C@H](NC(=O)C(C)(C)C(=O)N2CCN(C)CC2)C1=O. The van der Waals surface area contributed by atoms with Gasteiger partial charge in [-0.25, -0.2) is 0 Å². The van der Waals surface area contributed by atoms with Crippen LogP contribution in [0.4, 0.5) is 0 Å². The molecule has 0 bridgehead atoms. The topological polar surface area (TPSA) is 133 Å². The highest BCUT2D eigenvalue weighted by Gasteiger charge is 2.69. The molecule has 7 rings (SSSR count). The van der Waals surface area contributed by atoms with E-state index in [1.54, 1.807) is 18.7 Å². The number of rotatable bonds is 7. The van der Waals surface area contributed by atoms with Gasteiger partial charge in [-0.1, -0.05) is 67.9 Å². The summed E-state index contributed by atoms with van der Waals surface area (Å²) in [4.78, 5) is 71.7. The maximum atomic E-state index is 14.6. The van der Waals surface area contributed by atoms with E-state index in [2.05, 4.69) is 58.7 Å². The van der Waals surface area contributed by atoms with Crippen molar-refractivity contribution in [3.05, 3.63) is 11.1 Å². The number of Topliss-reactive ketones (excluding diaryl/α,β-unsaturated/α-hetero) is 1. The van der Waals surface area contributed by atoms with E-state index in [1.165, 1.54) is 5.57 Å². The largest absolute Gasteiger partial charge is 0.481 e. The van der Waals surface area contributed by atoms with E-state index in [0.29, 0.717) is 31.3 Å². The molecule has 1 unspecified atom stereocenters. The Hall–Kier alpha value is -2.75. The van der Waals surface area contributed by atoms with Crippen LogP contribution in [0, 0.1) is 73.9 Å². The predicted octanol–water partition coefficient (Wildman–Crippen LogP) is 7.15. The van der Waals surface area contributed by atoms with Gasteiger partial charge in [0.05, 0.1) is 17.9 Å². The Labute approximate surface area is 342 Å². The molecule has 1 saturated heterocycles. The lowest BCUT2D eigenvalue weighted by Crippen LogP contribution is -2.65. The number of aliphatic carboxylic acids is 1. The van der Waals surface area contributed by atoms with Gasteiger partial charge in [0.2, 0.25) is 11.8 Å². The van der Waals surface area contributed by atoms with Gasteiger partial charge in [0.25, 0.3) is 0 Å². The van der Waals surface area contributed by atoms with Crippen molar-refractivity contribution in [2.24, 2.45) is 73.9 Å². The average Bonchev–Trinajstić information content (AvgIpc) is 3.39. The summed E-state index contributed by atoms with van der Waals surface area (Å²) in [5, 5.41) is 12.9. The van der Waals surface area contributed by atoms with Crippen molar-refractivity contribution in [3.8, 4) is 0 Å². The summed E-state index contributed by atoms with van der Waals surface area (Å²) in [6.07, 6.45) is 8.00. The molecule has 0 aromatic rings. The van der Waals surface area contributed by atoms with Crippen LogP contribution >= 0.6 is 0 Å².